The number of aromatic amines is 1. The minimum atomic E-state index is -0.970. The molecule has 2 aromatic rings. The van der Waals surface area contributed by atoms with Crippen LogP contribution in [0.5, 0.6) is 0 Å². The number of hydrogen-bond donors (Lipinski definition) is 3. The van der Waals surface area contributed by atoms with Gasteiger partial charge in [-0.05, 0) is 19.8 Å². The minimum Gasteiger partial charge on any atom is -0.477 e. The summed E-state index contributed by atoms with van der Waals surface area (Å²) in [7, 11) is 0. The van der Waals surface area contributed by atoms with Gasteiger partial charge in [-0.2, -0.15) is 0 Å². The van der Waals surface area contributed by atoms with E-state index in [0.717, 1.165) is 24.2 Å². The van der Waals surface area contributed by atoms with Gasteiger partial charge in [0.15, 0.2) is 5.13 Å². The van der Waals surface area contributed by atoms with Gasteiger partial charge < -0.3 is 20.3 Å². The number of aryl methyl sites for hydroxylation is 1. The minimum absolute atomic E-state index is 0.0149. The van der Waals surface area contributed by atoms with Crippen molar-refractivity contribution >= 4 is 51.5 Å². The van der Waals surface area contributed by atoms with Gasteiger partial charge in [0.2, 0.25) is 0 Å². The number of nitrogens with zero attached hydrogens (tertiary/aromatic N) is 2. The monoisotopic (exact) mass is 402 g/mol. The summed E-state index contributed by atoms with van der Waals surface area (Å²) in [5, 5.41) is 13.2. The first kappa shape index (κ1) is 18.0. The molecule has 1 saturated heterocycles. The van der Waals surface area contributed by atoms with Gasteiger partial charge in [-0.3, -0.25) is 4.79 Å². The SMILES string of the molecule is Cc1[nH]c(C(=O)NC2CCN(c3ncc(C(=O)O)s3)CC2)c(Cl)c1Cl. The number of H-pyrrole nitrogens is 1. The summed E-state index contributed by atoms with van der Waals surface area (Å²) >= 11 is 13.2. The summed E-state index contributed by atoms with van der Waals surface area (Å²) in [5.74, 6) is -1.25. The topological polar surface area (TPSA) is 98.3 Å². The lowest BCUT2D eigenvalue weighted by Gasteiger charge is -2.32. The number of amides is 1. The Morgan fingerprint density at radius 1 is 1.36 bits per heavy atom. The molecule has 2 aromatic heterocycles. The van der Waals surface area contributed by atoms with Crippen molar-refractivity contribution in [1.82, 2.24) is 15.3 Å². The Labute approximate surface area is 158 Å². The predicted octanol–water partition coefficient (Wildman–Crippen LogP) is 3.18. The van der Waals surface area contributed by atoms with Crippen molar-refractivity contribution in [3.05, 3.63) is 32.5 Å². The lowest BCUT2D eigenvalue weighted by Crippen LogP contribution is -2.44. The Bertz CT molecular complexity index is 812. The van der Waals surface area contributed by atoms with E-state index in [4.69, 9.17) is 28.3 Å². The number of carboxylic acids is 1. The molecule has 0 radical (unpaired) electrons. The zero-order valence-electron chi connectivity index (χ0n) is 13.3. The molecule has 0 bridgehead atoms. The summed E-state index contributed by atoms with van der Waals surface area (Å²) in [5.41, 5.74) is 0.933. The quantitative estimate of drug-likeness (QED) is 0.729. The van der Waals surface area contributed by atoms with Crippen molar-refractivity contribution in [3.63, 3.8) is 0 Å². The zero-order valence-corrected chi connectivity index (χ0v) is 15.6. The number of rotatable bonds is 4. The molecule has 3 rings (SSSR count). The molecule has 134 valence electrons. The number of nitrogens with one attached hydrogen (secondary N) is 2. The number of anilines is 1. The van der Waals surface area contributed by atoms with Crippen LogP contribution >= 0.6 is 34.5 Å². The fraction of sp³-hybridized carbons (Fsp3) is 0.400. The van der Waals surface area contributed by atoms with Gasteiger partial charge in [-0.25, -0.2) is 9.78 Å². The van der Waals surface area contributed by atoms with Crippen molar-refractivity contribution in [2.75, 3.05) is 18.0 Å². The summed E-state index contributed by atoms with van der Waals surface area (Å²) in [6, 6.07) is 0.0149. The molecule has 0 saturated carbocycles. The lowest BCUT2D eigenvalue weighted by molar-refractivity contribution is 0.0701. The number of carboxylic acid groups (broad SMARTS) is 1. The van der Waals surface area contributed by atoms with Gasteiger partial charge in [-0.15, -0.1) is 0 Å². The van der Waals surface area contributed by atoms with Crippen molar-refractivity contribution in [2.24, 2.45) is 0 Å². The van der Waals surface area contributed by atoms with E-state index in [0.29, 0.717) is 28.9 Å². The third-order valence-corrected chi connectivity index (χ3v) is 6.08. The summed E-state index contributed by atoms with van der Waals surface area (Å²) in [4.78, 5) is 32.6. The van der Waals surface area contributed by atoms with E-state index in [9.17, 15) is 9.59 Å². The van der Waals surface area contributed by atoms with Crippen molar-refractivity contribution in [1.29, 1.82) is 0 Å². The van der Waals surface area contributed by atoms with E-state index in [1.165, 1.54) is 6.20 Å². The second kappa shape index (κ2) is 7.23. The van der Waals surface area contributed by atoms with Crippen molar-refractivity contribution in [2.45, 2.75) is 25.8 Å². The molecule has 0 spiro atoms. The maximum atomic E-state index is 12.4. The van der Waals surface area contributed by atoms with E-state index >= 15 is 0 Å². The zero-order chi connectivity index (χ0) is 18.1. The molecular formula is C15H16Cl2N4O3S. The number of halogens is 2. The van der Waals surface area contributed by atoms with Crippen LogP contribution in [0.15, 0.2) is 6.20 Å². The maximum absolute atomic E-state index is 12.4. The third kappa shape index (κ3) is 3.75. The normalized spacial score (nSPS) is 15.4. The number of hydrogen-bond acceptors (Lipinski definition) is 5. The molecule has 1 aliphatic rings. The molecule has 3 N–H and O–H groups in total. The first-order chi connectivity index (χ1) is 11.9. The van der Waals surface area contributed by atoms with E-state index in [2.05, 4.69) is 15.3 Å². The summed E-state index contributed by atoms with van der Waals surface area (Å²) in [6.45, 7) is 3.13. The number of carbonyl (C=O) groups excluding carboxylic acids is 1. The Balaban J connectivity index is 1.57. The largest absolute Gasteiger partial charge is 0.477 e. The average molecular weight is 403 g/mol. The van der Waals surface area contributed by atoms with Crippen LogP contribution in [0, 0.1) is 6.92 Å². The van der Waals surface area contributed by atoms with E-state index in [1.807, 2.05) is 4.90 Å². The fourth-order valence-electron chi connectivity index (χ4n) is 2.71. The number of aromatic nitrogens is 2. The van der Waals surface area contributed by atoms with Crippen LogP contribution in [0.2, 0.25) is 10.0 Å². The fourth-order valence-corrected chi connectivity index (χ4v) is 3.93. The second-order valence-electron chi connectivity index (χ2n) is 5.80. The molecule has 1 amide bonds. The first-order valence-electron chi connectivity index (χ1n) is 7.65. The van der Waals surface area contributed by atoms with Crippen LogP contribution in [0.25, 0.3) is 0 Å². The van der Waals surface area contributed by atoms with Gasteiger partial charge in [0.1, 0.15) is 10.6 Å². The predicted molar refractivity (Wildman–Crippen MR) is 97.3 cm³/mol. The van der Waals surface area contributed by atoms with Crippen LogP contribution in [0.3, 0.4) is 0 Å². The highest BCUT2D eigenvalue weighted by Gasteiger charge is 2.25. The van der Waals surface area contributed by atoms with E-state index in [-0.39, 0.29) is 27.5 Å². The van der Waals surface area contributed by atoms with Crippen molar-refractivity contribution in [3.8, 4) is 0 Å². The number of thiazole rings is 1. The van der Waals surface area contributed by atoms with Gasteiger partial charge in [0.05, 0.1) is 16.2 Å². The number of carbonyl (C=O) groups is 2. The summed E-state index contributed by atoms with van der Waals surface area (Å²) < 4.78 is 0. The van der Waals surface area contributed by atoms with Crippen LogP contribution < -0.4 is 10.2 Å². The highest BCUT2D eigenvalue weighted by Crippen LogP contribution is 2.29. The average Bonchev–Trinajstić information content (AvgIpc) is 3.17. The van der Waals surface area contributed by atoms with Crippen molar-refractivity contribution < 1.29 is 14.7 Å². The Morgan fingerprint density at radius 2 is 2.04 bits per heavy atom. The Hall–Kier alpha value is -1.77. The molecule has 0 aromatic carbocycles. The highest BCUT2D eigenvalue weighted by atomic mass is 35.5. The molecular weight excluding hydrogens is 387 g/mol. The molecule has 7 nitrogen and oxygen atoms in total. The molecule has 1 fully saturated rings. The second-order valence-corrected chi connectivity index (χ2v) is 7.57. The number of aromatic carboxylic acids is 1. The highest BCUT2D eigenvalue weighted by molar-refractivity contribution is 7.17. The standard InChI is InChI=1S/C15H16Cl2N4O3S/c1-7-10(16)11(17)12(19-7)13(22)20-8-2-4-21(5-3-8)15-18-6-9(25-15)14(23)24/h6,8,19H,2-5H2,1H3,(H,20,22)(H,23,24). The van der Waals surface area contributed by atoms with Gasteiger partial charge in [-0.1, -0.05) is 34.5 Å². The Morgan fingerprint density at radius 3 is 2.56 bits per heavy atom. The maximum Gasteiger partial charge on any atom is 0.347 e. The van der Waals surface area contributed by atoms with E-state index < -0.39 is 5.97 Å². The molecule has 3 heterocycles. The summed E-state index contributed by atoms with van der Waals surface area (Å²) in [6.07, 6.45) is 2.84. The van der Waals surface area contributed by atoms with Gasteiger partial charge in [0, 0.05) is 24.8 Å². The third-order valence-electron chi connectivity index (χ3n) is 4.09. The van der Waals surface area contributed by atoms with Crippen LogP contribution in [-0.4, -0.2) is 46.1 Å². The lowest BCUT2D eigenvalue weighted by atomic mass is 10.1. The van der Waals surface area contributed by atoms with Crippen LogP contribution in [0.1, 0.15) is 38.7 Å². The smallest absolute Gasteiger partial charge is 0.347 e. The molecule has 0 aliphatic carbocycles. The number of piperidine rings is 1. The van der Waals surface area contributed by atoms with Crippen LogP contribution in [0.4, 0.5) is 5.13 Å². The van der Waals surface area contributed by atoms with Gasteiger partial charge in [0.25, 0.3) is 5.91 Å². The first-order valence-corrected chi connectivity index (χ1v) is 9.22. The Kier molecular flexibility index (Phi) is 5.21. The molecule has 0 unspecified atom stereocenters. The molecule has 1 aliphatic heterocycles. The molecule has 0 atom stereocenters. The molecule has 10 heteroatoms. The van der Waals surface area contributed by atoms with Gasteiger partial charge >= 0.3 is 5.97 Å². The van der Waals surface area contributed by atoms with E-state index in [1.54, 1.807) is 6.92 Å². The van der Waals surface area contributed by atoms with Crippen LogP contribution in [-0.2, 0) is 0 Å². The molecule has 25 heavy (non-hydrogen) atoms.